The Bertz CT molecular complexity index is 1030. The fourth-order valence-corrected chi connectivity index (χ4v) is 3.04. The normalized spacial score (nSPS) is 11.0. The molecule has 148 valence electrons. The molecule has 5 nitrogen and oxygen atoms in total. The second-order valence-electron chi connectivity index (χ2n) is 6.84. The lowest BCUT2D eigenvalue weighted by Gasteiger charge is -2.20. The van der Waals surface area contributed by atoms with Crippen LogP contribution in [0, 0.1) is 0 Å². The molecule has 5 heteroatoms. The summed E-state index contributed by atoms with van der Waals surface area (Å²) < 4.78 is 1.65. The van der Waals surface area contributed by atoms with Crippen LogP contribution in [-0.4, -0.2) is 33.9 Å². The van der Waals surface area contributed by atoms with Crippen molar-refractivity contribution in [3.63, 3.8) is 0 Å². The molecule has 0 aliphatic rings. The Morgan fingerprint density at radius 3 is 2.48 bits per heavy atom. The maximum Gasteiger partial charge on any atom is 0.185 e. The standard InChI is InChI=1S/C24H26N4O/c1-5-27(6-2)21-13-10-19(11-14-21)12-15-24(29)20-8-7-9-22(16-20)28-17-23(18(3)4)25-26-28/h7-17H,3,5-6H2,1-2,4H3/b15-12+. The lowest BCUT2D eigenvalue weighted by atomic mass is 10.1. The summed E-state index contributed by atoms with van der Waals surface area (Å²) in [7, 11) is 0. The number of nitrogens with zero attached hydrogens (tertiary/aromatic N) is 4. The van der Waals surface area contributed by atoms with Gasteiger partial charge in [-0.15, -0.1) is 5.10 Å². The predicted octanol–water partition coefficient (Wildman–Crippen LogP) is 5.04. The van der Waals surface area contributed by atoms with Crippen molar-refractivity contribution in [2.24, 2.45) is 0 Å². The molecular weight excluding hydrogens is 360 g/mol. The van der Waals surface area contributed by atoms with E-state index in [1.54, 1.807) is 23.0 Å². The number of rotatable bonds is 8. The van der Waals surface area contributed by atoms with Crippen LogP contribution in [0.15, 0.2) is 67.4 Å². The van der Waals surface area contributed by atoms with Crippen molar-refractivity contribution in [1.82, 2.24) is 15.0 Å². The van der Waals surface area contributed by atoms with E-state index in [0.717, 1.165) is 35.6 Å². The molecule has 29 heavy (non-hydrogen) atoms. The summed E-state index contributed by atoms with van der Waals surface area (Å²) in [4.78, 5) is 14.9. The Hall–Kier alpha value is -3.47. The summed E-state index contributed by atoms with van der Waals surface area (Å²) in [5, 5.41) is 8.20. The molecule has 0 amide bonds. The fourth-order valence-electron chi connectivity index (χ4n) is 3.04. The zero-order valence-electron chi connectivity index (χ0n) is 17.2. The van der Waals surface area contributed by atoms with E-state index >= 15 is 0 Å². The van der Waals surface area contributed by atoms with E-state index in [4.69, 9.17) is 0 Å². The van der Waals surface area contributed by atoms with E-state index < -0.39 is 0 Å². The van der Waals surface area contributed by atoms with Gasteiger partial charge in [-0.25, -0.2) is 4.68 Å². The summed E-state index contributed by atoms with van der Waals surface area (Å²) in [6.07, 6.45) is 5.25. The van der Waals surface area contributed by atoms with Crippen molar-refractivity contribution in [3.05, 3.63) is 84.2 Å². The third-order valence-corrected chi connectivity index (χ3v) is 4.77. The Kier molecular flexibility index (Phi) is 6.39. The van der Waals surface area contributed by atoms with Gasteiger partial charge in [0.25, 0.3) is 0 Å². The van der Waals surface area contributed by atoms with E-state index in [-0.39, 0.29) is 5.78 Å². The van der Waals surface area contributed by atoms with Gasteiger partial charge < -0.3 is 4.90 Å². The molecule has 0 aliphatic carbocycles. The first-order valence-electron chi connectivity index (χ1n) is 9.78. The van der Waals surface area contributed by atoms with Crippen molar-refractivity contribution in [3.8, 4) is 5.69 Å². The molecule has 1 aromatic heterocycles. The van der Waals surface area contributed by atoms with Gasteiger partial charge in [0.2, 0.25) is 0 Å². The van der Waals surface area contributed by atoms with Crippen LogP contribution >= 0.6 is 0 Å². The van der Waals surface area contributed by atoms with E-state index in [2.05, 4.69) is 47.8 Å². The van der Waals surface area contributed by atoms with Crippen LogP contribution in [0.5, 0.6) is 0 Å². The van der Waals surface area contributed by atoms with E-state index in [9.17, 15) is 4.79 Å². The monoisotopic (exact) mass is 386 g/mol. The highest BCUT2D eigenvalue weighted by atomic mass is 16.1. The zero-order chi connectivity index (χ0) is 20.8. The first kappa shape index (κ1) is 20.3. The van der Waals surface area contributed by atoms with Crippen LogP contribution in [0.3, 0.4) is 0 Å². The van der Waals surface area contributed by atoms with Gasteiger partial charge in [-0.2, -0.15) is 0 Å². The van der Waals surface area contributed by atoms with Crippen molar-refractivity contribution in [1.29, 1.82) is 0 Å². The van der Waals surface area contributed by atoms with Gasteiger partial charge in [-0.1, -0.05) is 42.1 Å². The minimum Gasteiger partial charge on any atom is -0.372 e. The van der Waals surface area contributed by atoms with Gasteiger partial charge in [0.15, 0.2) is 5.78 Å². The summed E-state index contributed by atoms with van der Waals surface area (Å²) in [5.41, 5.74) is 5.15. The number of aromatic nitrogens is 3. The van der Waals surface area contributed by atoms with Gasteiger partial charge in [0, 0.05) is 24.3 Å². The largest absolute Gasteiger partial charge is 0.372 e. The molecule has 3 rings (SSSR count). The summed E-state index contributed by atoms with van der Waals surface area (Å²) in [6, 6.07) is 15.6. The van der Waals surface area contributed by atoms with Crippen LogP contribution in [0.2, 0.25) is 0 Å². The van der Waals surface area contributed by atoms with E-state index in [1.165, 1.54) is 5.69 Å². The molecular formula is C24H26N4O. The highest BCUT2D eigenvalue weighted by Crippen LogP contribution is 2.17. The molecule has 0 saturated carbocycles. The Morgan fingerprint density at radius 1 is 1.14 bits per heavy atom. The van der Waals surface area contributed by atoms with Gasteiger partial charge in [0.05, 0.1) is 11.9 Å². The third kappa shape index (κ3) is 4.88. The van der Waals surface area contributed by atoms with Crippen molar-refractivity contribution in [2.45, 2.75) is 20.8 Å². The SMILES string of the molecule is C=C(C)c1cn(-c2cccc(C(=O)/C=C/c3ccc(N(CC)CC)cc3)c2)nn1. The summed E-state index contributed by atoms with van der Waals surface area (Å²) in [5.74, 6) is -0.0556. The molecule has 0 spiro atoms. The number of benzene rings is 2. The topological polar surface area (TPSA) is 51.0 Å². The van der Waals surface area contributed by atoms with E-state index in [0.29, 0.717) is 5.56 Å². The second kappa shape index (κ2) is 9.15. The van der Waals surface area contributed by atoms with Gasteiger partial charge in [-0.05, 0) is 62.2 Å². The summed E-state index contributed by atoms with van der Waals surface area (Å²) in [6.45, 7) is 12.0. The maximum absolute atomic E-state index is 12.6. The van der Waals surface area contributed by atoms with Gasteiger partial charge in [0.1, 0.15) is 5.69 Å². The Morgan fingerprint density at radius 2 is 1.86 bits per heavy atom. The average Bonchev–Trinajstić information content (AvgIpc) is 3.25. The summed E-state index contributed by atoms with van der Waals surface area (Å²) >= 11 is 0. The quantitative estimate of drug-likeness (QED) is 0.402. The zero-order valence-corrected chi connectivity index (χ0v) is 17.2. The molecule has 0 saturated heterocycles. The first-order valence-corrected chi connectivity index (χ1v) is 9.78. The molecule has 0 radical (unpaired) electrons. The Balaban J connectivity index is 1.74. The first-order chi connectivity index (χ1) is 14.0. The van der Waals surface area contributed by atoms with Crippen molar-refractivity contribution < 1.29 is 4.79 Å². The number of hydrogen-bond donors (Lipinski definition) is 0. The van der Waals surface area contributed by atoms with Gasteiger partial charge >= 0.3 is 0 Å². The van der Waals surface area contributed by atoms with Crippen LogP contribution in [0.4, 0.5) is 5.69 Å². The molecule has 0 atom stereocenters. The smallest absolute Gasteiger partial charge is 0.185 e. The number of carbonyl (C=O) groups excluding carboxylic acids is 1. The molecule has 1 heterocycles. The van der Waals surface area contributed by atoms with E-state index in [1.807, 2.05) is 43.3 Å². The predicted molar refractivity (Wildman–Crippen MR) is 119 cm³/mol. The second-order valence-corrected chi connectivity index (χ2v) is 6.84. The van der Waals surface area contributed by atoms with Crippen LogP contribution in [-0.2, 0) is 0 Å². The molecule has 0 fully saturated rings. The molecule has 0 aliphatic heterocycles. The highest BCUT2D eigenvalue weighted by molar-refractivity contribution is 6.07. The van der Waals surface area contributed by atoms with Gasteiger partial charge in [-0.3, -0.25) is 4.79 Å². The minimum absolute atomic E-state index is 0.0556. The highest BCUT2D eigenvalue weighted by Gasteiger charge is 2.07. The number of anilines is 1. The number of hydrogen-bond acceptors (Lipinski definition) is 4. The molecule has 3 aromatic rings. The molecule has 0 unspecified atom stereocenters. The number of ketones is 1. The number of carbonyl (C=O) groups is 1. The molecule has 2 aromatic carbocycles. The minimum atomic E-state index is -0.0556. The van der Waals surface area contributed by atoms with Crippen molar-refractivity contribution >= 4 is 23.1 Å². The number of allylic oxidation sites excluding steroid dienone is 2. The van der Waals surface area contributed by atoms with Crippen LogP contribution < -0.4 is 4.90 Å². The molecule has 0 N–H and O–H groups in total. The third-order valence-electron chi connectivity index (χ3n) is 4.77. The Labute approximate surface area is 172 Å². The maximum atomic E-state index is 12.6. The van der Waals surface area contributed by atoms with Crippen LogP contribution in [0.25, 0.3) is 17.3 Å². The average molecular weight is 386 g/mol. The lowest BCUT2D eigenvalue weighted by molar-refractivity contribution is 0.104. The van der Waals surface area contributed by atoms with Crippen molar-refractivity contribution in [2.75, 3.05) is 18.0 Å². The van der Waals surface area contributed by atoms with Crippen LogP contribution in [0.1, 0.15) is 42.4 Å². The fraction of sp³-hybridized carbons (Fsp3) is 0.208. The molecule has 0 bridgehead atoms. The lowest BCUT2D eigenvalue weighted by Crippen LogP contribution is -2.21.